The molecule has 1 saturated heterocycles. The first-order chi connectivity index (χ1) is 17.7. The van der Waals surface area contributed by atoms with Crippen molar-refractivity contribution in [3.8, 4) is 17.3 Å². The molecule has 1 saturated carbocycles. The van der Waals surface area contributed by atoms with E-state index in [1.807, 2.05) is 6.92 Å². The van der Waals surface area contributed by atoms with Gasteiger partial charge in [0.15, 0.2) is 11.5 Å². The number of nitriles is 1. The van der Waals surface area contributed by atoms with Gasteiger partial charge in [0.05, 0.1) is 42.0 Å². The van der Waals surface area contributed by atoms with Crippen LogP contribution in [0.1, 0.15) is 54.6 Å². The number of rotatable bonds is 7. The van der Waals surface area contributed by atoms with Gasteiger partial charge in [-0.05, 0) is 56.7 Å². The van der Waals surface area contributed by atoms with E-state index in [-0.39, 0.29) is 47.1 Å². The van der Waals surface area contributed by atoms with Crippen molar-refractivity contribution in [2.75, 3.05) is 12.3 Å². The van der Waals surface area contributed by atoms with Crippen molar-refractivity contribution in [2.45, 2.75) is 68.5 Å². The summed E-state index contributed by atoms with van der Waals surface area (Å²) in [5.74, 6) is -0.190. The summed E-state index contributed by atoms with van der Waals surface area (Å²) in [5.41, 5.74) is 8.74. The van der Waals surface area contributed by atoms with Gasteiger partial charge in [0.2, 0.25) is 10.0 Å². The largest absolute Gasteiger partial charge is 0.381 e. The fourth-order valence-electron chi connectivity index (χ4n) is 4.63. The van der Waals surface area contributed by atoms with Crippen LogP contribution in [0.5, 0.6) is 0 Å². The molecule has 1 aliphatic heterocycles. The quantitative estimate of drug-likeness (QED) is 0.424. The number of hydrogen-bond donors (Lipinski definition) is 3. The van der Waals surface area contributed by atoms with Gasteiger partial charge in [-0.25, -0.2) is 23.1 Å². The molecule has 1 aromatic carbocycles. The molecule has 0 bridgehead atoms. The monoisotopic (exact) mass is 523 g/mol. The summed E-state index contributed by atoms with van der Waals surface area (Å²) in [6, 6.07) is 6.74. The summed E-state index contributed by atoms with van der Waals surface area (Å²) < 4.78 is 36.5. The van der Waals surface area contributed by atoms with Crippen LogP contribution in [0, 0.1) is 18.3 Å². The van der Waals surface area contributed by atoms with E-state index in [4.69, 9.17) is 15.7 Å². The molecule has 11 nitrogen and oxygen atoms in total. The maximum Gasteiger partial charge on any atom is 0.271 e. The third-order valence-corrected chi connectivity index (χ3v) is 8.52. The average molecular weight is 524 g/mol. The number of hydrogen-bond acceptors (Lipinski definition) is 8. The van der Waals surface area contributed by atoms with Crippen LogP contribution >= 0.6 is 0 Å². The lowest BCUT2D eigenvalue weighted by molar-refractivity contribution is 0.00523. The van der Waals surface area contributed by atoms with Crippen LogP contribution in [0.4, 0.5) is 5.82 Å². The van der Waals surface area contributed by atoms with E-state index in [0.29, 0.717) is 36.2 Å². The molecule has 4 N–H and O–H groups in total. The van der Waals surface area contributed by atoms with E-state index in [1.54, 1.807) is 35.0 Å². The minimum Gasteiger partial charge on any atom is -0.381 e. The van der Waals surface area contributed by atoms with E-state index < -0.39 is 10.0 Å². The Morgan fingerprint density at radius 1 is 1.27 bits per heavy atom. The average Bonchev–Trinajstić information content (AvgIpc) is 3.27. The lowest BCUT2D eigenvalue weighted by atomic mass is 9.93. The Hall–Kier alpha value is -3.53. The Kier molecular flexibility index (Phi) is 6.85. The van der Waals surface area contributed by atoms with Crippen LogP contribution in [0.2, 0.25) is 0 Å². The summed E-state index contributed by atoms with van der Waals surface area (Å²) >= 11 is 0. The van der Waals surface area contributed by atoms with Gasteiger partial charge in [-0.3, -0.25) is 9.20 Å². The highest BCUT2D eigenvalue weighted by atomic mass is 32.2. The third kappa shape index (κ3) is 5.16. The molecular formula is C25H29N7O4S. The highest BCUT2D eigenvalue weighted by Crippen LogP contribution is 2.29. The molecule has 12 heteroatoms. The number of benzene rings is 1. The molecule has 2 atom stereocenters. The lowest BCUT2D eigenvalue weighted by Gasteiger charge is -2.28. The van der Waals surface area contributed by atoms with Crippen LogP contribution < -0.4 is 15.8 Å². The normalized spacial score (nSPS) is 20.3. The Morgan fingerprint density at radius 2 is 2.08 bits per heavy atom. The zero-order valence-electron chi connectivity index (χ0n) is 20.5. The molecule has 2 fully saturated rings. The van der Waals surface area contributed by atoms with Crippen LogP contribution in [-0.2, 0) is 14.8 Å². The predicted octanol–water partition coefficient (Wildman–Crippen LogP) is 2.31. The number of aryl methyl sites for hydroxylation is 1. The SMILES string of the molecule is Cc1ccc(S(=O)(=O)N[C@H]2CC[C@H](CC#N)OC2)cc1-c1cnc2c(N)nc(C(=O)NC3CCC3)cn12. The number of aromatic nitrogens is 3. The van der Waals surface area contributed by atoms with Gasteiger partial charge in [0.25, 0.3) is 5.91 Å². The number of carbonyl (C=O) groups is 1. The van der Waals surface area contributed by atoms with Gasteiger partial charge in [0, 0.05) is 23.8 Å². The van der Waals surface area contributed by atoms with Gasteiger partial charge >= 0.3 is 0 Å². The van der Waals surface area contributed by atoms with Crippen molar-refractivity contribution in [3.63, 3.8) is 0 Å². The smallest absolute Gasteiger partial charge is 0.271 e. The third-order valence-electron chi connectivity index (χ3n) is 7.00. The van der Waals surface area contributed by atoms with Crippen molar-refractivity contribution < 1.29 is 17.9 Å². The fraction of sp³-hybridized carbons (Fsp3) is 0.440. The first-order valence-electron chi connectivity index (χ1n) is 12.3. The number of nitrogens with one attached hydrogen (secondary N) is 2. The molecule has 3 aromatic rings. The van der Waals surface area contributed by atoms with Gasteiger partial charge < -0.3 is 15.8 Å². The summed E-state index contributed by atoms with van der Waals surface area (Å²) in [6.45, 7) is 2.09. The highest BCUT2D eigenvalue weighted by molar-refractivity contribution is 7.89. The van der Waals surface area contributed by atoms with Gasteiger partial charge in [0.1, 0.15) is 5.69 Å². The number of sulfonamides is 1. The van der Waals surface area contributed by atoms with E-state index in [0.717, 1.165) is 24.8 Å². The van der Waals surface area contributed by atoms with E-state index in [9.17, 15) is 13.2 Å². The molecule has 3 heterocycles. The molecule has 1 aliphatic carbocycles. The number of amides is 1. The molecule has 194 valence electrons. The second-order valence-electron chi connectivity index (χ2n) is 9.64. The number of nitrogens with zero attached hydrogens (tertiary/aromatic N) is 4. The van der Waals surface area contributed by atoms with E-state index in [2.05, 4.69) is 26.1 Å². The molecule has 37 heavy (non-hydrogen) atoms. The Bertz CT molecular complexity index is 1480. The van der Waals surface area contributed by atoms with Crippen molar-refractivity contribution in [1.29, 1.82) is 5.26 Å². The maximum absolute atomic E-state index is 13.2. The number of nitrogen functional groups attached to an aromatic ring is 1. The van der Waals surface area contributed by atoms with Crippen molar-refractivity contribution in [2.24, 2.45) is 0 Å². The van der Waals surface area contributed by atoms with Crippen LogP contribution in [0.25, 0.3) is 16.9 Å². The fourth-order valence-corrected chi connectivity index (χ4v) is 5.91. The van der Waals surface area contributed by atoms with Crippen molar-refractivity contribution in [1.82, 2.24) is 24.4 Å². The minimum absolute atomic E-state index is 0.104. The number of nitrogens with two attached hydrogens (primary N) is 1. The molecule has 0 radical (unpaired) electrons. The highest BCUT2D eigenvalue weighted by Gasteiger charge is 2.27. The summed E-state index contributed by atoms with van der Waals surface area (Å²) in [6.07, 6.45) is 7.51. The zero-order valence-corrected chi connectivity index (χ0v) is 21.3. The van der Waals surface area contributed by atoms with Crippen LogP contribution in [-0.4, -0.2) is 53.5 Å². The molecule has 1 amide bonds. The zero-order chi connectivity index (χ0) is 26.2. The Labute approximate surface area is 215 Å². The first-order valence-corrected chi connectivity index (χ1v) is 13.8. The summed E-state index contributed by atoms with van der Waals surface area (Å²) in [7, 11) is -3.84. The molecular weight excluding hydrogens is 494 g/mol. The van der Waals surface area contributed by atoms with E-state index in [1.165, 1.54) is 0 Å². The molecule has 0 spiro atoms. The molecule has 2 aliphatic rings. The second-order valence-corrected chi connectivity index (χ2v) is 11.4. The Morgan fingerprint density at radius 3 is 2.76 bits per heavy atom. The number of fused-ring (bicyclic) bond motifs is 1. The molecule has 2 aromatic heterocycles. The topological polar surface area (TPSA) is 164 Å². The van der Waals surface area contributed by atoms with E-state index >= 15 is 0 Å². The number of imidazole rings is 1. The van der Waals surface area contributed by atoms with Crippen LogP contribution in [0.15, 0.2) is 35.5 Å². The second kappa shape index (κ2) is 10.1. The van der Waals surface area contributed by atoms with Gasteiger partial charge in [-0.1, -0.05) is 6.07 Å². The molecule has 0 unspecified atom stereocenters. The first kappa shape index (κ1) is 25.1. The Balaban J connectivity index is 1.43. The minimum atomic E-state index is -3.84. The van der Waals surface area contributed by atoms with Crippen molar-refractivity contribution in [3.05, 3.63) is 41.9 Å². The van der Waals surface area contributed by atoms with Gasteiger partial charge in [-0.2, -0.15) is 5.26 Å². The number of ether oxygens (including phenoxy) is 1. The number of carbonyl (C=O) groups excluding carboxylic acids is 1. The van der Waals surface area contributed by atoms with Gasteiger partial charge in [-0.15, -0.1) is 0 Å². The predicted molar refractivity (Wildman–Crippen MR) is 136 cm³/mol. The van der Waals surface area contributed by atoms with Crippen molar-refractivity contribution >= 4 is 27.4 Å². The molecule has 5 rings (SSSR count). The lowest BCUT2D eigenvalue weighted by Crippen LogP contribution is -2.42. The van der Waals surface area contributed by atoms with Crippen LogP contribution in [0.3, 0.4) is 0 Å². The summed E-state index contributed by atoms with van der Waals surface area (Å²) in [4.78, 5) is 21.4. The standard InChI is InChI=1S/C25H29N7O4S/c1-15-5-8-19(37(34,35)31-17-6-7-18(9-10-26)36-14-17)11-20(15)22-12-28-24-23(27)30-21(13-32(22)24)25(33)29-16-3-2-4-16/h5,8,11-13,16-18,31H,2-4,6-7,9,14H2,1H3,(H2,27,30)(H,29,33)/t17-,18+/m0/s1. The number of anilines is 1. The summed E-state index contributed by atoms with van der Waals surface area (Å²) in [5, 5.41) is 11.8. The maximum atomic E-state index is 13.2.